The maximum Gasteiger partial charge on any atom is 0.394 e. The maximum atomic E-state index is 13.1. The third kappa shape index (κ3) is 6.20. The molecule has 0 spiro atoms. The minimum Gasteiger partial charge on any atom is -0.495 e. The molecule has 1 amide bonds. The number of benzene rings is 1. The maximum absolute atomic E-state index is 13.1. The zero-order chi connectivity index (χ0) is 24.2. The normalized spacial score (nSPS) is 11.3. The molecule has 0 saturated carbocycles. The van der Waals surface area contributed by atoms with Gasteiger partial charge in [-0.05, 0) is 66.0 Å². The standard InChI is InChI=1S/C23H22BrF3N4O2/c1-14(2)29-22(32)15-8-9-18(20(12-15)33-3)28-10-4-7-17-19(13-23(25,26)27)31-11-5-6-16(24)21(31)30-17/h5-6,8-9,11-12,14,28H,10,13H2,1-3H3,(H,29,32). The first-order chi connectivity index (χ1) is 15.6. The molecular weight excluding hydrogens is 501 g/mol. The molecule has 2 N–H and O–H groups in total. The van der Waals surface area contributed by atoms with Crippen molar-refractivity contribution in [2.45, 2.75) is 32.5 Å². The summed E-state index contributed by atoms with van der Waals surface area (Å²) < 4.78 is 46.7. The van der Waals surface area contributed by atoms with E-state index in [1.54, 1.807) is 30.3 Å². The number of anilines is 1. The highest BCUT2D eigenvalue weighted by atomic mass is 79.9. The Bertz CT molecular complexity index is 1230. The average molecular weight is 523 g/mol. The number of imidazole rings is 1. The van der Waals surface area contributed by atoms with Crippen molar-refractivity contribution in [1.29, 1.82) is 0 Å². The van der Waals surface area contributed by atoms with Crippen LogP contribution in [0.4, 0.5) is 18.9 Å². The lowest BCUT2D eigenvalue weighted by Gasteiger charge is -2.12. The fourth-order valence-electron chi connectivity index (χ4n) is 3.13. The summed E-state index contributed by atoms with van der Waals surface area (Å²) in [5, 5.41) is 5.86. The van der Waals surface area contributed by atoms with Crippen LogP contribution in [0, 0.1) is 11.8 Å². The van der Waals surface area contributed by atoms with E-state index < -0.39 is 12.6 Å². The number of halogens is 4. The van der Waals surface area contributed by atoms with Crippen molar-refractivity contribution in [2.75, 3.05) is 19.0 Å². The Kier molecular flexibility index (Phi) is 7.53. The summed E-state index contributed by atoms with van der Waals surface area (Å²) in [5.74, 6) is 5.79. The molecule has 0 aliphatic heterocycles. The van der Waals surface area contributed by atoms with Crippen LogP contribution in [-0.2, 0) is 6.42 Å². The second kappa shape index (κ2) is 10.2. The minimum absolute atomic E-state index is 0.000890. The lowest BCUT2D eigenvalue weighted by molar-refractivity contribution is -0.128. The molecule has 0 saturated heterocycles. The van der Waals surface area contributed by atoms with Crippen LogP contribution in [0.15, 0.2) is 41.0 Å². The van der Waals surface area contributed by atoms with Crippen LogP contribution >= 0.6 is 15.9 Å². The number of aromatic nitrogens is 2. The fraction of sp³-hybridized carbons (Fsp3) is 0.304. The summed E-state index contributed by atoms with van der Waals surface area (Å²) in [7, 11) is 1.48. The molecule has 174 valence electrons. The van der Waals surface area contributed by atoms with Crippen molar-refractivity contribution < 1.29 is 22.7 Å². The van der Waals surface area contributed by atoms with Gasteiger partial charge in [0.2, 0.25) is 0 Å². The molecule has 2 aromatic heterocycles. The number of pyridine rings is 1. The van der Waals surface area contributed by atoms with Gasteiger partial charge in [-0.15, -0.1) is 0 Å². The second-order valence-electron chi connectivity index (χ2n) is 7.45. The second-order valence-corrected chi connectivity index (χ2v) is 8.30. The van der Waals surface area contributed by atoms with E-state index in [4.69, 9.17) is 4.74 Å². The summed E-state index contributed by atoms with van der Waals surface area (Å²) in [4.78, 5) is 16.5. The first kappa shape index (κ1) is 24.5. The highest BCUT2D eigenvalue weighted by Crippen LogP contribution is 2.27. The van der Waals surface area contributed by atoms with Gasteiger partial charge >= 0.3 is 6.18 Å². The molecule has 2 heterocycles. The minimum atomic E-state index is -4.40. The predicted octanol–water partition coefficient (Wildman–Crippen LogP) is 4.81. The quantitative estimate of drug-likeness (QED) is 0.456. The average Bonchev–Trinajstić information content (AvgIpc) is 3.08. The van der Waals surface area contributed by atoms with Crippen LogP contribution in [-0.4, -0.2) is 41.2 Å². The van der Waals surface area contributed by atoms with Gasteiger partial charge in [-0.3, -0.25) is 4.79 Å². The van der Waals surface area contributed by atoms with Gasteiger partial charge in [-0.2, -0.15) is 13.2 Å². The van der Waals surface area contributed by atoms with Gasteiger partial charge in [0.25, 0.3) is 5.91 Å². The van der Waals surface area contributed by atoms with Gasteiger partial charge in [0.1, 0.15) is 11.4 Å². The van der Waals surface area contributed by atoms with Gasteiger partial charge in [0, 0.05) is 17.8 Å². The Balaban J connectivity index is 1.80. The number of alkyl halides is 3. The number of fused-ring (bicyclic) bond motifs is 1. The molecule has 6 nitrogen and oxygen atoms in total. The number of methoxy groups -OCH3 is 1. The highest BCUT2D eigenvalue weighted by molar-refractivity contribution is 9.10. The third-order valence-electron chi connectivity index (χ3n) is 4.53. The number of amides is 1. The Morgan fingerprint density at radius 1 is 1.30 bits per heavy atom. The molecule has 0 aliphatic rings. The van der Waals surface area contributed by atoms with Crippen molar-refractivity contribution in [2.24, 2.45) is 0 Å². The molecule has 0 unspecified atom stereocenters. The van der Waals surface area contributed by atoms with Crippen LogP contribution in [0.25, 0.3) is 5.65 Å². The molecule has 0 aliphatic carbocycles. The van der Waals surface area contributed by atoms with E-state index in [2.05, 4.69) is 43.4 Å². The van der Waals surface area contributed by atoms with Crippen LogP contribution in [0.1, 0.15) is 35.6 Å². The fourth-order valence-corrected chi connectivity index (χ4v) is 3.57. The van der Waals surface area contributed by atoms with Crippen molar-refractivity contribution in [3.63, 3.8) is 0 Å². The first-order valence-electron chi connectivity index (χ1n) is 10.0. The molecule has 1 aromatic carbocycles. The van der Waals surface area contributed by atoms with E-state index in [0.717, 1.165) is 0 Å². The number of carbonyl (C=O) groups excluding carboxylic acids is 1. The van der Waals surface area contributed by atoms with E-state index >= 15 is 0 Å². The van der Waals surface area contributed by atoms with Gasteiger partial charge in [-0.25, -0.2) is 4.98 Å². The Morgan fingerprint density at radius 2 is 2.06 bits per heavy atom. The summed E-state index contributed by atoms with van der Waals surface area (Å²) in [6, 6.07) is 8.28. The predicted molar refractivity (Wildman–Crippen MR) is 124 cm³/mol. The first-order valence-corrected chi connectivity index (χ1v) is 10.8. The lowest BCUT2D eigenvalue weighted by Crippen LogP contribution is -2.30. The zero-order valence-electron chi connectivity index (χ0n) is 18.2. The Morgan fingerprint density at radius 3 is 2.73 bits per heavy atom. The van der Waals surface area contributed by atoms with Gasteiger partial charge < -0.3 is 19.8 Å². The summed E-state index contributed by atoms with van der Waals surface area (Å²) in [5.41, 5.74) is 1.45. The topological polar surface area (TPSA) is 67.7 Å². The molecule has 0 bridgehead atoms. The lowest BCUT2D eigenvalue weighted by atomic mass is 10.1. The van der Waals surface area contributed by atoms with E-state index in [0.29, 0.717) is 27.1 Å². The molecular formula is C23H22BrF3N4O2. The Labute approximate surface area is 197 Å². The molecule has 0 radical (unpaired) electrons. The number of ether oxygens (including phenoxy) is 1. The van der Waals surface area contributed by atoms with Crippen molar-refractivity contribution in [1.82, 2.24) is 14.7 Å². The van der Waals surface area contributed by atoms with Crippen molar-refractivity contribution >= 4 is 33.2 Å². The highest BCUT2D eigenvalue weighted by Gasteiger charge is 2.31. The van der Waals surface area contributed by atoms with Gasteiger partial charge in [-0.1, -0.05) is 5.92 Å². The molecule has 3 rings (SSSR count). The molecule has 10 heteroatoms. The SMILES string of the molecule is COc1cc(C(=O)NC(C)C)ccc1NCC#Cc1nc2c(Br)cccn2c1CC(F)(F)F. The number of hydrogen-bond acceptors (Lipinski definition) is 4. The monoisotopic (exact) mass is 522 g/mol. The molecule has 3 aromatic rings. The van der Waals surface area contributed by atoms with Gasteiger partial charge in [0.15, 0.2) is 5.65 Å². The van der Waals surface area contributed by atoms with Crippen molar-refractivity contribution in [3.8, 4) is 17.6 Å². The summed E-state index contributed by atoms with van der Waals surface area (Å²) in [6.45, 7) is 3.87. The van der Waals surface area contributed by atoms with Crippen LogP contribution in [0.3, 0.4) is 0 Å². The van der Waals surface area contributed by atoms with Gasteiger partial charge in [0.05, 0.1) is 35.9 Å². The van der Waals surface area contributed by atoms with Crippen LogP contribution in [0.5, 0.6) is 5.75 Å². The molecule has 33 heavy (non-hydrogen) atoms. The number of rotatable bonds is 6. The van der Waals surface area contributed by atoms with E-state index in [-0.39, 0.29) is 29.9 Å². The number of nitrogens with zero attached hydrogens (tertiary/aromatic N) is 2. The third-order valence-corrected chi connectivity index (χ3v) is 5.15. The van der Waals surface area contributed by atoms with E-state index in [1.165, 1.54) is 17.7 Å². The number of carbonyl (C=O) groups is 1. The summed E-state index contributed by atoms with van der Waals surface area (Å²) in [6.07, 6.45) is -4.01. The Hall–Kier alpha value is -3.19. The number of hydrogen-bond donors (Lipinski definition) is 2. The van der Waals surface area contributed by atoms with Crippen molar-refractivity contribution in [3.05, 3.63) is 58.0 Å². The molecule has 0 atom stereocenters. The number of nitrogens with one attached hydrogen (secondary N) is 2. The smallest absolute Gasteiger partial charge is 0.394 e. The van der Waals surface area contributed by atoms with Crippen LogP contribution < -0.4 is 15.4 Å². The molecule has 0 fully saturated rings. The zero-order valence-corrected chi connectivity index (χ0v) is 19.8. The van der Waals surface area contributed by atoms with E-state index in [1.807, 2.05) is 13.8 Å². The van der Waals surface area contributed by atoms with E-state index in [9.17, 15) is 18.0 Å². The van der Waals surface area contributed by atoms with Crippen LogP contribution in [0.2, 0.25) is 0 Å². The largest absolute Gasteiger partial charge is 0.495 e. The summed E-state index contributed by atoms with van der Waals surface area (Å²) >= 11 is 3.31.